The van der Waals surface area contributed by atoms with Gasteiger partial charge in [-0.15, -0.1) is 11.3 Å². The van der Waals surface area contributed by atoms with Crippen LogP contribution in [0.2, 0.25) is 4.34 Å². The van der Waals surface area contributed by atoms with Crippen molar-refractivity contribution in [2.24, 2.45) is 0 Å². The predicted octanol–water partition coefficient (Wildman–Crippen LogP) is 3.49. The third kappa shape index (κ3) is 3.10. The molecular formula is C14H10ClN3O3S. The van der Waals surface area contributed by atoms with Crippen LogP contribution in [0.15, 0.2) is 40.4 Å². The Bertz CT molecular complexity index is 820. The maximum absolute atomic E-state index is 12.0. The Labute approximate surface area is 134 Å². The third-order valence-electron chi connectivity index (χ3n) is 2.89. The molecule has 3 aromatic heterocycles. The normalized spacial score (nSPS) is 11.8. The van der Waals surface area contributed by atoms with Gasteiger partial charge in [-0.1, -0.05) is 11.6 Å². The smallest absolute Gasteiger partial charge is 0.224 e. The number of allylic oxidation sites excluding steroid dienone is 1. The first-order valence-corrected chi connectivity index (χ1v) is 7.50. The Morgan fingerprint density at radius 2 is 2.32 bits per heavy atom. The molecule has 0 saturated carbocycles. The van der Waals surface area contributed by atoms with Gasteiger partial charge in [-0.3, -0.25) is 9.89 Å². The Morgan fingerprint density at radius 1 is 1.45 bits per heavy atom. The van der Waals surface area contributed by atoms with Gasteiger partial charge >= 0.3 is 0 Å². The van der Waals surface area contributed by atoms with Crippen LogP contribution >= 0.6 is 22.9 Å². The summed E-state index contributed by atoms with van der Waals surface area (Å²) in [5.74, 6) is 0.103. The van der Waals surface area contributed by atoms with E-state index >= 15 is 0 Å². The lowest BCUT2D eigenvalue weighted by molar-refractivity contribution is 0.101. The lowest BCUT2D eigenvalue weighted by Gasteiger charge is -1.96. The second kappa shape index (κ2) is 6.17. The largest absolute Gasteiger partial charge is 0.504 e. The van der Waals surface area contributed by atoms with E-state index in [0.29, 0.717) is 16.5 Å². The number of thiophene rings is 1. The van der Waals surface area contributed by atoms with E-state index in [4.69, 9.17) is 16.0 Å². The van der Waals surface area contributed by atoms with Gasteiger partial charge in [0.05, 0.1) is 4.34 Å². The number of nitrogens with one attached hydrogen (secondary N) is 1. The van der Waals surface area contributed by atoms with Gasteiger partial charge < -0.3 is 9.52 Å². The fraction of sp³-hybridized carbons (Fsp3) is 0.0714. The summed E-state index contributed by atoms with van der Waals surface area (Å²) in [5.41, 5.74) is 0.945. The molecule has 0 aliphatic carbocycles. The van der Waals surface area contributed by atoms with Crippen LogP contribution in [0.4, 0.5) is 0 Å². The van der Waals surface area contributed by atoms with Crippen LogP contribution in [0, 0.1) is 0 Å². The lowest BCUT2D eigenvalue weighted by atomic mass is 10.2. The number of aromatic amines is 1. The molecule has 3 heterocycles. The molecule has 0 aromatic carbocycles. The van der Waals surface area contributed by atoms with Gasteiger partial charge in [0.25, 0.3) is 0 Å². The molecule has 0 aliphatic rings. The zero-order chi connectivity index (χ0) is 15.5. The highest BCUT2D eigenvalue weighted by molar-refractivity contribution is 7.14. The first-order valence-electron chi connectivity index (χ1n) is 6.25. The van der Waals surface area contributed by atoms with Crippen molar-refractivity contribution in [3.8, 4) is 0 Å². The van der Waals surface area contributed by atoms with E-state index in [2.05, 4.69) is 15.2 Å². The molecule has 0 spiro atoms. The highest BCUT2D eigenvalue weighted by atomic mass is 35.5. The number of carbonyl (C=O) groups is 1. The zero-order valence-electron chi connectivity index (χ0n) is 11.1. The number of hydrogen-bond donors (Lipinski definition) is 2. The molecule has 3 rings (SSSR count). The van der Waals surface area contributed by atoms with Crippen LogP contribution in [0.5, 0.6) is 0 Å². The summed E-state index contributed by atoms with van der Waals surface area (Å²) in [5, 5.41) is 17.7. The van der Waals surface area contributed by atoms with Crippen molar-refractivity contribution >= 4 is 34.5 Å². The second-order valence-corrected chi connectivity index (χ2v) is 5.91. The number of aliphatic hydroxyl groups is 1. The van der Waals surface area contributed by atoms with Crippen molar-refractivity contribution in [1.29, 1.82) is 0 Å². The van der Waals surface area contributed by atoms with Crippen molar-refractivity contribution < 1.29 is 14.3 Å². The third-order valence-corrected chi connectivity index (χ3v) is 4.14. The highest BCUT2D eigenvalue weighted by Gasteiger charge is 2.13. The van der Waals surface area contributed by atoms with Gasteiger partial charge in [0.1, 0.15) is 12.1 Å². The van der Waals surface area contributed by atoms with Crippen LogP contribution in [-0.4, -0.2) is 26.1 Å². The highest BCUT2D eigenvalue weighted by Crippen LogP contribution is 2.26. The molecule has 0 aliphatic heterocycles. The average molecular weight is 336 g/mol. The van der Waals surface area contributed by atoms with Gasteiger partial charge in [-0.25, -0.2) is 4.98 Å². The Kier molecular flexibility index (Phi) is 4.08. The van der Waals surface area contributed by atoms with Crippen molar-refractivity contribution in [3.63, 3.8) is 0 Å². The van der Waals surface area contributed by atoms with Gasteiger partial charge in [0.15, 0.2) is 17.3 Å². The first-order chi connectivity index (χ1) is 10.6. The Hall–Kier alpha value is -2.38. The van der Waals surface area contributed by atoms with Gasteiger partial charge in [0, 0.05) is 12.5 Å². The van der Waals surface area contributed by atoms with Gasteiger partial charge in [-0.05, 0) is 29.1 Å². The monoisotopic (exact) mass is 335 g/mol. The maximum Gasteiger partial charge on any atom is 0.224 e. The van der Waals surface area contributed by atoms with E-state index in [1.807, 2.05) is 11.4 Å². The number of rotatable bonds is 5. The Balaban J connectivity index is 1.75. The summed E-state index contributed by atoms with van der Waals surface area (Å²) in [6.45, 7) is 0. The van der Waals surface area contributed by atoms with Crippen LogP contribution in [0.25, 0.3) is 5.76 Å². The predicted molar refractivity (Wildman–Crippen MR) is 82.2 cm³/mol. The molecule has 112 valence electrons. The van der Waals surface area contributed by atoms with E-state index in [1.54, 1.807) is 12.1 Å². The van der Waals surface area contributed by atoms with Crippen molar-refractivity contribution in [3.05, 3.63) is 63.2 Å². The number of aromatic nitrogens is 3. The fourth-order valence-electron chi connectivity index (χ4n) is 1.83. The topological polar surface area (TPSA) is 92.0 Å². The molecule has 2 N–H and O–H groups in total. The molecule has 0 bridgehead atoms. The fourth-order valence-corrected chi connectivity index (χ4v) is 2.76. The number of nitrogens with zero attached hydrogens (tertiary/aromatic N) is 2. The summed E-state index contributed by atoms with van der Waals surface area (Å²) in [6.07, 6.45) is 2.77. The number of aliphatic hydroxyl groups excluding tert-OH is 1. The first kappa shape index (κ1) is 14.6. The van der Waals surface area contributed by atoms with Crippen LogP contribution < -0.4 is 0 Å². The van der Waals surface area contributed by atoms with Crippen LogP contribution in [0.3, 0.4) is 0 Å². The molecule has 22 heavy (non-hydrogen) atoms. The molecule has 6 nitrogen and oxygen atoms in total. The van der Waals surface area contributed by atoms with Gasteiger partial charge in [0.2, 0.25) is 5.78 Å². The van der Waals surface area contributed by atoms with E-state index < -0.39 is 5.78 Å². The van der Waals surface area contributed by atoms with E-state index in [1.165, 1.54) is 17.7 Å². The van der Waals surface area contributed by atoms with Gasteiger partial charge in [-0.2, -0.15) is 5.10 Å². The Morgan fingerprint density at radius 3 is 3.00 bits per heavy atom. The van der Waals surface area contributed by atoms with Crippen molar-refractivity contribution in [2.45, 2.75) is 6.42 Å². The number of ketones is 1. The summed E-state index contributed by atoms with van der Waals surface area (Å²) in [4.78, 5) is 15.8. The number of furan rings is 1. The van der Waals surface area contributed by atoms with E-state index in [-0.39, 0.29) is 17.3 Å². The maximum atomic E-state index is 12.0. The molecule has 0 saturated heterocycles. The minimum atomic E-state index is -0.462. The molecule has 0 fully saturated rings. The van der Waals surface area contributed by atoms with Crippen molar-refractivity contribution in [2.75, 3.05) is 0 Å². The van der Waals surface area contributed by atoms with E-state index in [9.17, 15) is 9.90 Å². The summed E-state index contributed by atoms with van der Waals surface area (Å²) < 4.78 is 6.19. The molecular weight excluding hydrogens is 326 g/mol. The number of H-pyrrole nitrogens is 1. The summed E-state index contributed by atoms with van der Waals surface area (Å²) >= 11 is 7.48. The molecule has 8 heteroatoms. The van der Waals surface area contributed by atoms with Crippen molar-refractivity contribution in [1.82, 2.24) is 15.2 Å². The molecule has 0 unspecified atom stereocenters. The van der Waals surface area contributed by atoms with Crippen LogP contribution in [0.1, 0.15) is 27.7 Å². The number of halogens is 1. The average Bonchev–Trinajstić information content (AvgIpc) is 3.22. The SMILES string of the molecule is O=C(C=C(O)c1ncn[nH]1)c1ccc(Cc2ccsc2Cl)o1. The van der Waals surface area contributed by atoms with E-state index in [0.717, 1.165) is 11.6 Å². The lowest BCUT2D eigenvalue weighted by Crippen LogP contribution is -1.96. The zero-order valence-corrected chi connectivity index (χ0v) is 12.7. The molecule has 0 radical (unpaired) electrons. The molecule has 0 atom stereocenters. The standard InChI is InChI=1S/C14H10ClN3O3S/c15-13-8(3-4-22-13)5-9-1-2-12(21-9)10(19)6-11(20)14-16-7-17-18-14/h1-4,6-7,20H,5H2,(H,16,17,18). The minimum Gasteiger partial charge on any atom is -0.504 e. The molecule has 3 aromatic rings. The quantitative estimate of drug-likeness (QED) is 0.423. The number of hydrogen-bond acceptors (Lipinski definition) is 6. The minimum absolute atomic E-state index is 0.116. The summed E-state index contributed by atoms with van der Waals surface area (Å²) in [6, 6.07) is 5.18. The number of carbonyl (C=O) groups excluding carboxylic acids is 1. The molecule has 0 amide bonds. The van der Waals surface area contributed by atoms with Crippen LogP contribution in [-0.2, 0) is 6.42 Å². The second-order valence-electron chi connectivity index (χ2n) is 4.39. The summed E-state index contributed by atoms with van der Waals surface area (Å²) in [7, 11) is 0.